The third kappa shape index (κ3) is 4.51. The highest BCUT2D eigenvalue weighted by atomic mass is 16.3. The van der Waals surface area contributed by atoms with Crippen molar-refractivity contribution in [2.45, 2.75) is 45.4 Å². The standard InChI is InChI=1S/C31H36N6O4/c1-17-14-20(22(34-30(40)32-2)16-23(17)36-10-4-5-11-36)24-28(38)25(29(24)39)21-15-18-8-6-12-37-13-7-9-19(27(18)37)26(21)35-31(41)33-3/h14-16,38H,4-13H2,1-3H3,(H,33,41)(H2,32,34,40). The number of aryl methyl sites for hydroxylation is 1. The van der Waals surface area contributed by atoms with E-state index >= 15 is 0 Å². The molecular weight excluding hydrogens is 520 g/mol. The Balaban J connectivity index is 1.50. The average molecular weight is 557 g/mol. The number of aliphatic imine (C=N–C) groups is 1. The molecule has 0 spiro atoms. The first kappa shape index (κ1) is 26.9. The zero-order valence-electron chi connectivity index (χ0n) is 23.8. The summed E-state index contributed by atoms with van der Waals surface area (Å²) >= 11 is 0. The molecule has 0 unspecified atom stereocenters. The van der Waals surface area contributed by atoms with Crippen molar-refractivity contribution in [3.63, 3.8) is 0 Å². The predicted octanol–water partition coefficient (Wildman–Crippen LogP) is 4.36. The van der Waals surface area contributed by atoms with Crippen LogP contribution in [0.15, 0.2) is 56.9 Å². The van der Waals surface area contributed by atoms with Gasteiger partial charge < -0.3 is 30.9 Å². The van der Waals surface area contributed by atoms with E-state index in [9.17, 15) is 19.5 Å². The van der Waals surface area contributed by atoms with Crippen LogP contribution < -0.4 is 20.9 Å². The number of ketones is 1. The van der Waals surface area contributed by atoms with Crippen LogP contribution in [0.2, 0.25) is 0 Å². The summed E-state index contributed by atoms with van der Waals surface area (Å²) < 4.78 is 0. The molecule has 5 aliphatic rings. The number of rotatable bonds is 3. The Labute approximate surface area is 239 Å². The number of carbonyl (C=O) groups excluding carboxylic acids is 3. The van der Waals surface area contributed by atoms with E-state index in [-0.39, 0.29) is 22.7 Å². The maximum atomic E-state index is 13.9. The van der Waals surface area contributed by atoms with E-state index in [1.165, 1.54) is 14.1 Å². The summed E-state index contributed by atoms with van der Waals surface area (Å²) in [4.78, 5) is 47.8. The van der Waals surface area contributed by atoms with Crippen molar-refractivity contribution in [2.24, 2.45) is 4.99 Å². The number of allylic oxidation sites excluding steroid dienone is 6. The Morgan fingerprint density at radius 3 is 2.32 bits per heavy atom. The van der Waals surface area contributed by atoms with Crippen molar-refractivity contribution in [3.05, 3.63) is 63.1 Å². The van der Waals surface area contributed by atoms with Crippen molar-refractivity contribution in [3.8, 4) is 0 Å². The van der Waals surface area contributed by atoms with Gasteiger partial charge in [-0.25, -0.2) is 9.59 Å². The van der Waals surface area contributed by atoms with Gasteiger partial charge in [0, 0.05) is 68.4 Å². The highest BCUT2D eigenvalue weighted by Crippen LogP contribution is 2.47. The van der Waals surface area contributed by atoms with E-state index in [0.29, 0.717) is 22.5 Å². The summed E-state index contributed by atoms with van der Waals surface area (Å²) in [6, 6.07) is 2.84. The molecule has 6 rings (SSSR count). The Kier molecular flexibility index (Phi) is 6.93. The van der Waals surface area contributed by atoms with Crippen LogP contribution in [0, 0.1) is 6.92 Å². The summed E-state index contributed by atoms with van der Waals surface area (Å²) in [5.74, 6) is -0.480. The van der Waals surface area contributed by atoms with E-state index in [1.54, 1.807) is 0 Å². The largest absolute Gasteiger partial charge is 0.506 e. The molecule has 2 aliphatic carbocycles. The normalized spacial score (nSPS) is 23.0. The molecule has 1 aromatic rings. The van der Waals surface area contributed by atoms with Gasteiger partial charge in [-0.3, -0.25) is 4.79 Å². The van der Waals surface area contributed by atoms with Gasteiger partial charge in [-0.15, -0.1) is 0 Å². The monoisotopic (exact) mass is 556 g/mol. The first-order chi connectivity index (χ1) is 19.8. The van der Waals surface area contributed by atoms with E-state index in [1.807, 2.05) is 25.1 Å². The van der Waals surface area contributed by atoms with Crippen LogP contribution in [0.5, 0.6) is 0 Å². The lowest BCUT2D eigenvalue weighted by atomic mass is 9.74. The summed E-state index contributed by atoms with van der Waals surface area (Å²) in [7, 11) is 3.05. The second-order valence-corrected chi connectivity index (χ2v) is 11.1. The van der Waals surface area contributed by atoms with Gasteiger partial charge in [0.2, 0.25) is 5.78 Å². The number of hydrogen-bond acceptors (Lipinski definition) is 6. The van der Waals surface area contributed by atoms with E-state index in [2.05, 4.69) is 30.7 Å². The molecule has 4 amide bonds. The second-order valence-electron chi connectivity index (χ2n) is 11.1. The summed E-state index contributed by atoms with van der Waals surface area (Å²) in [5.41, 5.74) is 7.34. The van der Waals surface area contributed by atoms with Crippen LogP contribution in [0.3, 0.4) is 0 Å². The van der Waals surface area contributed by atoms with Crippen LogP contribution in [0.1, 0.15) is 49.7 Å². The smallest absolute Gasteiger partial charge is 0.341 e. The fourth-order valence-corrected chi connectivity index (χ4v) is 6.71. The molecule has 0 radical (unpaired) electrons. The molecule has 0 aromatic heterocycles. The number of aliphatic hydroxyl groups is 1. The lowest BCUT2D eigenvalue weighted by molar-refractivity contribution is -0.111. The molecule has 4 N–H and O–H groups in total. The number of amides is 4. The molecule has 2 fully saturated rings. The Bertz CT molecular complexity index is 1520. The third-order valence-electron chi connectivity index (χ3n) is 8.65. The SMILES string of the molecule is CNC(=O)N=C1C(=C2C(=O)C(c3cc(C)c(N4CCCC4)cc3NC(=O)NC)=C2O)C=C2CCCN3CCCC1=C23. The molecule has 3 aliphatic heterocycles. The van der Waals surface area contributed by atoms with Gasteiger partial charge in [0.15, 0.2) is 0 Å². The first-order valence-corrected chi connectivity index (χ1v) is 14.4. The number of piperidine rings is 1. The highest BCUT2D eigenvalue weighted by Gasteiger charge is 2.42. The molecule has 3 heterocycles. The molecule has 0 saturated carbocycles. The van der Waals surface area contributed by atoms with Gasteiger partial charge in [0.25, 0.3) is 0 Å². The van der Waals surface area contributed by atoms with Crippen LogP contribution in [-0.4, -0.2) is 73.8 Å². The fourth-order valence-electron chi connectivity index (χ4n) is 6.71. The fraction of sp³-hybridized carbons (Fsp3) is 0.419. The summed E-state index contributed by atoms with van der Waals surface area (Å²) in [5, 5.41) is 19.5. The predicted molar refractivity (Wildman–Crippen MR) is 159 cm³/mol. The molecule has 0 atom stereocenters. The Morgan fingerprint density at radius 1 is 0.927 bits per heavy atom. The van der Waals surface area contributed by atoms with E-state index in [0.717, 1.165) is 92.8 Å². The minimum atomic E-state index is -0.503. The van der Waals surface area contributed by atoms with Crippen LogP contribution >= 0.6 is 0 Å². The van der Waals surface area contributed by atoms with Crippen LogP contribution in [-0.2, 0) is 4.79 Å². The highest BCUT2D eigenvalue weighted by molar-refractivity contribution is 6.42. The van der Waals surface area contributed by atoms with E-state index in [4.69, 9.17) is 0 Å². The van der Waals surface area contributed by atoms with Crippen molar-refractivity contribution in [2.75, 3.05) is 50.5 Å². The maximum Gasteiger partial charge on any atom is 0.341 e. The first-order valence-electron chi connectivity index (χ1n) is 14.4. The number of nitrogens with one attached hydrogen (secondary N) is 3. The number of Topliss-reactive ketones (excluding diaryl/α,β-unsaturated/α-hetero) is 1. The third-order valence-corrected chi connectivity index (χ3v) is 8.65. The molecule has 214 valence electrons. The molecular formula is C31H36N6O4. The van der Waals surface area contributed by atoms with Crippen LogP contribution in [0.4, 0.5) is 21.0 Å². The topological polar surface area (TPSA) is 126 Å². The number of anilines is 2. The van der Waals surface area contributed by atoms with Gasteiger partial charge in [0.1, 0.15) is 5.76 Å². The van der Waals surface area contributed by atoms with Gasteiger partial charge >= 0.3 is 12.1 Å². The number of benzene rings is 1. The van der Waals surface area contributed by atoms with E-state index < -0.39 is 12.1 Å². The number of carbonyl (C=O) groups is 3. The lowest BCUT2D eigenvalue weighted by Crippen LogP contribution is -2.38. The molecule has 10 heteroatoms. The summed E-state index contributed by atoms with van der Waals surface area (Å²) in [6.07, 6.45) is 7.69. The Hall–Kier alpha value is -4.34. The van der Waals surface area contributed by atoms with Gasteiger partial charge in [-0.05, 0) is 74.8 Å². The molecule has 10 nitrogen and oxygen atoms in total. The van der Waals surface area contributed by atoms with Crippen molar-refractivity contribution < 1.29 is 19.5 Å². The van der Waals surface area contributed by atoms with Gasteiger partial charge in [0.05, 0.1) is 22.5 Å². The number of aliphatic hydroxyl groups excluding tert-OH is 1. The number of hydrogen-bond donors (Lipinski definition) is 4. The zero-order valence-corrected chi connectivity index (χ0v) is 23.8. The van der Waals surface area contributed by atoms with Crippen LogP contribution in [0.25, 0.3) is 5.57 Å². The quantitative estimate of drug-likeness (QED) is 0.410. The minimum Gasteiger partial charge on any atom is -0.506 e. The Morgan fingerprint density at radius 2 is 1.63 bits per heavy atom. The molecule has 41 heavy (non-hydrogen) atoms. The zero-order chi connectivity index (χ0) is 28.8. The van der Waals surface area contributed by atoms with Gasteiger partial charge in [-0.1, -0.05) is 0 Å². The molecule has 1 aromatic carbocycles. The average Bonchev–Trinajstić information content (AvgIpc) is 3.51. The molecule has 2 saturated heterocycles. The van der Waals surface area contributed by atoms with Crippen molar-refractivity contribution in [1.29, 1.82) is 0 Å². The minimum absolute atomic E-state index is 0.146. The lowest BCUT2D eigenvalue weighted by Gasteiger charge is -2.42. The maximum absolute atomic E-state index is 13.9. The molecule has 0 bridgehead atoms. The van der Waals surface area contributed by atoms with Crippen molar-refractivity contribution >= 4 is 40.5 Å². The second kappa shape index (κ2) is 10.6. The van der Waals surface area contributed by atoms with Crippen molar-refractivity contribution in [1.82, 2.24) is 15.5 Å². The van der Waals surface area contributed by atoms with Gasteiger partial charge in [-0.2, -0.15) is 4.99 Å². The summed E-state index contributed by atoms with van der Waals surface area (Å²) in [6.45, 7) is 5.75. The number of nitrogens with zero attached hydrogens (tertiary/aromatic N) is 3. The number of urea groups is 2.